The maximum atomic E-state index is 11.7. The summed E-state index contributed by atoms with van der Waals surface area (Å²) in [6.45, 7) is -0.00625. The van der Waals surface area contributed by atoms with Crippen molar-refractivity contribution in [3.8, 4) is 0 Å². The van der Waals surface area contributed by atoms with Gasteiger partial charge in [0.2, 0.25) is 0 Å². The van der Waals surface area contributed by atoms with E-state index in [0.717, 1.165) is 23.0 Å². The zero-order valence-corrected chi connectivity index (χ0v) is 8.05. The third-order valence-corrected chi connectivity index (χ3v) is 2.93. The van der Waals surface area contributed by atoms with E-state index in [9.17, 15) is 9.90 Å². The van der Waals surface area contributed by atoms with Crippen molar-refractivity contribution in [3.63, 3.8) is 0 Å². The molecule has 3 heterocycles. The Kier molecular flexibility index (Phi) is 1.67. The number of nitrogens with zero attached hydrogens (tertiary/aromatic N) is 2. The molecule has 0 radical (unpaired) electrons. The lowest BCUT2D eigenvalue weighted by Gasteiger charge is -2.09. The summed E-state index contributed by atoms with van der Waals surface area (Å²) in [5.74, 6) is 0. The van der Waals surface area contributed by atoms with Crippen LogP contribution in [0.5, 0.6) is 0 Å². The monoisotopic (exact) mass is 202 g/mol. The van der Waals surface area contributed by atoms with Crippen molar-refractivity contribution in [3.05, 3.63) is 40.3 Å². The number of pyridine rings is 2. The van der Waals surface area contributed by atoms with Crippen molar-refractivity contribution in [2.45, 2.75) is 12.5 Å². The van der Waals surface area contributed by atoms with Gasteiger partial charge in [-0.2, -0.15) is 0 Å². The molecule has 1 atom stereocenters. The van der Waals surface area contributed by atoms with Gasteiger partial charge in [-0.1, -0.05) is 0 Å². The molecule has 4 heteroatoms. The molecule has 0 bridgehead atoms. The van der Waals surface area contributed by atoms with Crippen molar-refractivity contribution in [1.82, 2.24) is 9.55 Å². The molecule has 15 heavy (non-hydrogen) atoms. The Morgan fingerprint density at radius 3 is 3.13 bits per heavy atom. The molecule has 3 rings (SSSR count). The normalized spacial score (nSPS) is 18.6. The number of aliphatic hydroxyl groups is 1. The summed E-state index contributed by atoms with van der Waals surface area (Å²) in [4.78, 5) is 15.9. The first-order chi connectivity index (χ1) is 7.31. The maximum Gasteiger partial charge on any atom is 0.251 e. The minimum atomic E-state index is -0.125. The number of hydrogen-bond donors (Lipinski definition) is 1. The molecule has 0 aliphatic carbocycles. The standard InChI is InChI=1S/C11H10N2O2/c14-6-8-5-7-3-4-12-9-1-2-10(15)13(8)11(7)9/h1-4,8,14H,5-6H2. The second kappa shape index (κ2) is 2.90. The van der Waals surface area contributed by atoms with E-state index < -0.39 is 0 Å². The lowest BCUT2D eigenvalue weighted by atomic mass is 10.1. The first-order valence-corrected chi connectivity index (χ1v) is 4.91. The molecule has 0 saturated heterocycles. The zero-order chi connectivity index (χ0) is 10.4. The van der Waals surface area contributed by atoms with Gasteiger partial charge >= 0.3 is 0 Å². The summed E-state index contributed by atoms with van der Waals surface area (Å²) in [5.41, 5.74) is 2.73. The molecule has 1 aliphatic heterocycles. The summed E-state index contributed by atoms with van der Waals surface area (Å²) in [6, 6.07) is 5.03. The van der Waals surface area contributed by atoms with Crippen LogP contribution < -0.4 is 5.56 Å². The van der Waals surface area contributed by atoms with E-state index >= 15 is 0 Å². The Labute approximate surface area is 85.8 Å². The van der Waals surface area contributed by atoms with Crippen molar-refractivity contribution < 1.29 is 5.11 Å². The van der Waals surface area contributed by atoms with Crippen LogP contribution >= 0.6 is 0 Å². The minimum absolute atomic E-state index is 0.00625. The first-order valence-electron chi connectivity index (χ1n) is 4.91. The van der Waals surface area contributed by atoms with Crippen molar-refractivity contribution in [1.29, 1.82) is 0 Å². The highest BCUT2D eigenvalue weighted by atomic mass is 16.3. The van der Waals surface area contributed by atoms with E-state index in [1.54, 1.807) is 16.8 Å². The van der Waals surface area contributed by atoms with Crippen LogP contribution in [0.3, 0.4) is 0 Å². The zero-order valence-electron chi connectivity index (χ0n) is 8.05. The predicted molar refractivity (Wildman–Crippen MR) is 55.8 cm³/mol. The highest BCUT2D eigenvalue weighted by Crippen LogP contribution is 2.28. The van der Waals surface area contributed by atoms with Crippen LogP contribution in [-0.2, 0) is 6.42 Å². The smallest absolute Gasteiger partial charge is 0.251 e. The average molecular weight is 202 g/mol. The van der Waals surface area contributed by atoms with Crippen LogP contribution in [0, 0.1) is 0 Å². The molecule has 1 unspecified atom stereocenters. The van der Waals surface area contributed by atoms with Gasteiger partial charge in [0.05, 0.1) is 23.7 Å². The van der Waals surface area contributed by atoms with Gasteiger partial charge in [0.25, 0.3) is 5.56 Å². The summed E-state index contributed by atoms with van der Waals surface area (Å²) in [6.07, 6.45) is 2.46. The molecule has 1 N–H and O–H groups in total. The van der Waals surface area contributed by atoms with E-state index in [0.29, 0.717) is 0 Å². The molecular weight excluding hydrogens is 192 g/mol. The molecule has 0 amide bonds. The second-order valence-electron chi connectivity index (χ2n) is 3.79. The number of rotatable bonds is 1. The fourth-order valence-electron chi connectivity index (χ4n) is 2.27. The van der Waals surface area contributed by atoms with Crippen molar-refractivity contribution in [2.24, 2.45) is 0 Å². The Morgan fingerprint density at radius 1 is 1.47 bits per heavy atom. The van der Waals surface area contributed by atoms with E-state index in [2.05, 4.69) is 4.98 Å². The molecule has 0 fully saturated rings. The van der Waals surface area contributed by atoms with E-state index in [-0.39, 0.29) is 18.2 Å². The molecule has 2 aromatic rings. The Bertz CT molecular complexity index is 589. The molecule has 0 spiro atoms. The Morgan fingerprint density at radius 2 is 2.33 bits per heavy atom. The number of hydrogen-bond acceptors (Lipinski definition) is 3. The van der Waals surface area contributed by atoms with Crippen LogP contribution in [0.1, 0.15) is 11.6 Å². The van der Waals surface area contributed by atoms with Gasteiger partial charge in [0.15, 0.2) is 0 Å². The second-order valence-corrected chi connectivity index (χ2v) is 3.79. The largest absolute Gasteiger partial charge is 0.394 e. The summed E-state index contributed by atoms with van der Waals surface area (Å²) < 4.78 is 1.65. The first kappa shape index (κ1) is 8.61. The maximum absolute atomic E-state index is 11.7. The lowest BCUT2D eigenvalue weighted by Crippen LogP contribution is -2.23. The topological polar surface area (TPSA) is 55.1 Å². The van der Waals surface area contributed by atoms with Gasteiger partial charge < -0.3 is 9.67 Å². The average Bonchev–Trinajstić information content (AvgIpc) is 2.64. The van der Waals surface area contributed by atoms with Crippen LogP contribution in [0.25, 0.3) is 11.0 Å². The molecule has 0 saturated carbocycles. The SMILES string of the molecule is O=c1ccc2nccc3c2n1C(CO)C3. The summed E-state index contributed by atoms with van der Waals surface area (Å²) in [7, 11) is 0. The molecule has 1 aliphatic rings. The van der Waals surface area contributed by atoms with Crippen LogP contribution in [0.2, 0.25) is 0 Å². The molecule has 0 aromatic carbocycles. The highest BCUT2D eigenvalue weighted by molar-refractivity contribution is 5.79. The summed E-state index contributed by atoms with van der Waals surface area (Å²) >= 11 is 0. The molecule has 76 valence electrons. The fourth-order valence-corrected chi connectivity index (χ4v) is 2.27. The molecule has 4 nitrogen and oxygen atoms in total. The van der Waals surface area contributed by atoms with E-state index in [4.69, 9.17) is 0 Å². The lowest BCUT2D eigenvalue weighted by molar-refractivity contribution is 0.233. The van der Waals surface area contributed by atoms with E-state index in [1.165, 1.54) is 6.07 Å². The van der Waals surface area contributed by atoms with Crippen LogP contribution in [-0.4, -0.2) is 21.3 Å². The van der Waals surface area contributed by atoms with Gasteiger partial charge in [-0.05, 0) is 24.1 Å². The van der Waals surface area contributed by atoms with Gasteiger partial charge in [0, 0.05) is 12.3 Å². The van der Waals surface area contributed by atoms with Crippen molar-refractivity contribution in [2.75, 3.05) is 6.61 Å². The van der Waals surface area contributed by atoms with Crippen LogP contribution in [0.15, 0.2) is 29.2 Å². The van der Waals surface area contributed by atoms with Crippen molar-refractivity contribution >= 4 is 11.0 Å². The highest BCUT2D eigenvalue weighted by Gasteiger charge is 2.24. The van der Waals surface area contributed by atoms with E-state index in [1.807, 2.05) is 6.07 Å². The Balaban J connectivity index is 2.47. The van der Waals surface area contributed by atoms with Gasteiger partial charge in [-0.15, -0.1) is 0 Å². The third-order valence-electron chi connectivity index (χ3n) is 2.93. The van der Waals surface area contributed by atoms with Gasteiger partial charge in [-0.3, -0.25) is 9.78 Å². The predicted octanol–water partition coefficient (Wildman–Crippen LogP) is 0.486. The Hall–Kier alpha value is -1.68. The fraction of sp³-hybridized carbons (Fsp3) is 0.273. The molecular formula is C11H10N2O2. The minimum Gasteiger partial charge on any atom is -0.394 e. The summed E-state index contributed by atoms with van der Waals surface area (Å²) in [5, 5.41) is 9.23. The van der Waals surface area contributed by atoms with Gasteiger partial charge in [-0.25, -0.2) is 0 Å². The number of aromatic nitrogens is 2. The quantitative estimate of drug-likeness (QED) is 0.732. The number of aliphatic hydroxyl groups excluding tert-OH is 1. The molecule has 2 aromatic heterocycles. The van der Waals surface area contributed by atoms with Crippen LogP contribution in [0.4, 0.5) is 0 Å². The third kappa shape index (κ3) is 1.05. The van der Waals surface area contributed by atoms with Gasteiger partial charge in [0.1, 0.15) is 0 Å².